The van der Waals surface area contributed by atoms with E-state index in [-0.39, 0.29) is 6.10 Å². The molecule has 1 heterocycles. The number of hydrogen-bond acceptors (Lipinski definition) is 4. The summed E-state index contributed by atoms with van der Waals surface area (Å²) in [7, 11) is 0. The Morgan fingerprint density at radius 1 is 1.40 bits per heavy atom. The lowest BCUT2D eigenvalue weighted by molar-refractivity contribution is 0.126. The molecule has 1 saturated carbocycles. The minimum Gasteiger partial charge on any atom is -0.393 e. The Balaban J connectivity index is 1.94. The molecule has 1 aliphatic carbocycles. The first kappa shape index (κ1) is 10.3. The number of nitrogens with zero attached hydrogens (tertiary/aromatic N) is 1. The van der Waals surface area contributed by atoms with Crippen LogP contribution in [0.3, 0.4) is 0 Å². The van der Waals surface area contributed by atoms with E-state index >= 15 is 0 Å². The Morgan fingerprint density at radius 2 is 2.07 bits per heavy atom. The molecule has 84 valence electrons. The SMILES string of the molecule is Cc1nc(NC2CCC(O)CC2)c(N)[nH]1. The average Bonchev–Trinajstić information content (AvgIpc) is 2.49. The number of anilines is 2. The topological polar surface area (TPSA) is 87.0 Å². The summed E-state index contributed by atoms with van der Waals surface area (Å²) in [5.74, 6) is 2.17. The van der Waals surface area contributed by atoms with Crippen molar-refractivity contribution < 1.29 is 5.11 Å². The van der Waals surface area contributed by atoms with Crippen molar-refractivity contribution in [2.45, 2.75) is 44.8 Å². The van der Waals surface area contributed by atoms with Crippen LogP contribution in [-0.4, -0.2) is 27.2 Å². The van der Waals surface area contributed by atoms with Gasteiger partial charge in [-0.3, -0.25) is 0 Å². The number of rotatable bonds is 2. The van der Waals surface area contributed by atoms with E-state index in [0.717, 1.165) is 37.3 Å². The molecule has 5 heteroatoms. The summed E-state index contributed by atoms with van der Waals surface area (Å²) < 4.78 is 0. The Hall–Kier alpha value is -1.23. The van der Waals surface area contributed by atoms with Gasteiger partial charge in [0.2, 0.25) is 0 Å². The minimum atomic E-state index is -0.124. The van der Waals surface area contributed by atoms with Crippen LogP contribution < -0.4 is 11.1 Å². The van der Waals surface area contributed by atoms with Gasteiger partial charge in [0, 0.05) is 6.04 Å². The highest BCUT2D eigenvalue weighted by Gasteiger charge is 2.20. The molecule has 0 atom stereocenters. The predicted octanol–water partition coefficient (Wildman–Crippen LogP) is 1.02. The van der Waals surface area contributed by atoms with Gasteiger partial charge in [-0.2, -0.15) is 0 Å². The van der Waals surface area contributed by atoms with Crippen LogP contribution in [0.4, 0.5) is 11.6 Å². The fourth-order valence-corrected chi connectivity index (χ4v) is 2.03. The molecule has 0 aromatic carbocycles. The van der Waals surface area contributed by atoms with Crippen LogP contribution in [-0.2, 0) is 0 Å². The second-order valence-electron chi connectivity index (χ2n) is 4.23. The molecule has 2 rings (SSSR count). The van der Waals surface area contributed by atoms with Gasteiger partial charge < -0.3 is 21.1 Å². The molecular weight excluding hydrogens is 192 g/mol. The fraction of sp³-hybridized carbons (Fsp3) is 0.700. The zero-order chi connectivity index (χ0) is 10.8. The number of H-pyrrole nitrogens is 1. The Kier molecular flexibility index (Phi) is 2.81. The van der Waals surface area contributed by atoms with Gasteiger partial charge in [0.25, 0.3) is 0 Å². The van der Waals surface area contributed by atoms with Crippen molar-refractivity contribution in [2.75, 3.05) is 11.1 Å². The summed E-state index contributed by atoms with van der Waals surface area (Å²) in [5, 5.41) is 12.7. The maximum Gasteiger partial charge on any atom is 0.168 e. The van der Waals surface area contributed by atoms with Gasteiger partial charge in [-0.15, -0.1) is 0 Å². The standard InChI is InChI=1S/C10H18N4O/c1-6-12-9(11)10(13-6)14-7-2-4-8(15)5-3-7/h7-8,14-15H,2-5,11H2,1H3,(H,12,13). The quantitative estimate of drug-likeness (QED) is 0.587. The highest BCUT2D eigenvalue weighted by molar-refractivity contribution is 5.57. The smallest absolute Gasteiger partial charge is 0.168 e. The average molecular weight is 210 g/mol. The van der Waals surface area contributed by atoms with Crippen LogP contribution in [0.2, 0.25) is 0 Å². The molecule has 1 aromatic heterocycles. The largest absolute Gasteiger partial charge is 0.393 e. The Bertz CT molecular complexity index is 328. The van der Waals surface area contributed by atoms with Gasteiger partial charge in [0.05, 0.1) is 6.10 Å². The zero-order valence-electron chi connectivity index (χ0n) is 8.95. The summed E-state index contributed by atoms with van der Waals surface area (Å²) in [6.07, 6.45) is 3.56. The van der Waals surface area contributed by atoms with Gasteiger partial charge in [-0.1, -0.05) is 0 Å². The van der Waals surface area contributed by atoms with E-state index in [1.165, 1.54) is 0 Å². The van der Waals surface area contributed by atoms with Crippen molar-refractivity contribution in [3.8, 4) is 0 Å². The van der Waals surface area contributed by atoms with E-state index in [2.05, 4.69) is 15.3 Å². The molecule has 1 aliphatic rings. The molecule has 5 nitrogen and oxygen atoms in total. The molecule has 0 bridgehead atoms. The normalized spacial score (nSPS) is 26.5. The van der Waals surface area contributed by atoms with Crippen LogP contribution in [0.1, 0.15) is 31.5 Å². The lowest BCUT2D eigenvalue weighted by atomic mass is 9.93. The highest BCUT2D eigenvalue weighted by Crippen LogP contribution is 2.23. The number of aromatic nitrogens is 2. The fourth-order valence-electron chi connectivity index (χ4n) is 2.03. The molecular formula is C10H18N4O. The third kappa shape index (κ3) is 2.41. The van der Waals surface area contributed by atoms with Gasteiger partial charge in [0.15, 0.2) is 5.82 Å². The first-order valence-electron chi connectivity index (χ1n) is 5.42. The van der Waals surface area contributed by atoms with E-state index in [0.29, 0.717) is 11.9 Å². The van der Waals surface area contributed by atoms with Crippen molar-refractivity contribution in [2.24, 2.45) is 0 Å². The van der Waals surface area contributed by atoms with Crippen molar-refractivity contribution in [1.29, 1.82) is 0 Å². The Morgan fingerprint density at radius 3 is 2.60 bits per heavy atom. The predicted molar refractivity (Wildman–Crippen MR) is 59.6 cm³/mol. The van der Waals surface area contributed by atoms with E-state index in [1.807, 2.05) is 6.92 Å². The van der Waals surface area contributed by atoms with E-state index in [9.17, 15) is 5.11 Å². The highest BCUT2D eigenvalue weighted by atomic mass is 16.3. The van der Waals surface area contributed by atoms with Crippen LogP contribution in [0.5, 0.6) is 0 Å². The molecule has 0 saturated heterocycles. The van der Waals surface area contributed by atoms with Gasteiger partial charge >= 0.3 is 0 Å². The van der Waals surface area contributed by atoms with Crippen LogP contribution in [0.25, 0.3) is 0 Å². The summed E-state index contributed by atoms with van der Waals surface area (Å²) in [6, 6.07) is 0.387. The van der Waals surface area contributed by atoms with Crippen molar-refractivity contribution in [3.05, 3.63) is 5.82 Å². The number of aromatic amines is 1. The van der Waals surface area contributed by atoms with Gasteiger partial charge in [-0.25, -0.2) is 4.98 Å². The molecule has 0 aliphatic heterocycles. The monoisotopic (exact) mass is 210 g/mol. The molecule has 0 amide bonds. The second-order valence-corrected chi connectivity index (χ2v) is 4.23. The van der Waals surface area contributed by atoms with Crippen LogP contribution in [0.15, 0.2) is 0 Å². The molecule has 5 N–H and O–H groups in total. The number of aryl methyl sites for hydroxylation is 1. The summed E-state index contributed by atoms with van der Waals surface area (Å²) in [4.78, 5) is 7.23. The molecule has 15 heavy (non-hydrogen) atoms. The maximum atomic E-state index is 9.38. The molecule has 0 radical (unpaired) electrons. The van der Waals surface area contributed by atoms with Crippen molar-refractivity contribution >= 4 is 11.6 Å². The third-order valence-corrected chi connectivity index (χ3v) is 2.89. The maximum absolute atomic E-state index is 9.38. The molecule has 0 unspecified atom stereocenters. The van der Waals surface area contributed by atoms with Gasteiger partial charge in [0.1, 0.15) is 11.6 Å². The number of aliphatic hydroxyl groups excluding tert-OH is 1. The first-order valence-corrected chi connectivity index (χ1v) is 5.42. The van der Waals surface area contributed by atoms with Crippen molar-refractivity contribution in [1.82, 2.24) is 9.97 Å². The van der Waals surface area contributed by atoms with Crippen LogP contribution >= 0.6 is 0 Å². The lowest BCUT2D eigenvalue weighted by Gasteiger charge is -2.26. The molecule has 1 aromatic rings. The molecule has 1 fully saturated rings. The zero-order valence-corrected chi connectivity index (χ0v) is 8.95. The van der Waals surface area contributed by atoms with Gasteiger partial charge in [-0.05, 0) is 32.6 Å². The van der Waals surface area contributed by atoms with E-state index in [4.69, 9.17) is 5.73 Å². The van der Waals surface area contributed by atoms with Crippen molar-refractivity contribution in [3.63, 3.8) is 0 Å². The first-order chi connectivity index (χ1) is 7.15. The number of aliphatic hydroxyl groups is 1. The number of nitrogens with one attached hydrogen (secondary N) is 2. The van der Waals surface area contributed by atoms with E-state index in [1.54, 1.807) is 0 Å². The summed E-state index contributed by atoms with van der Waals surface area (Å²) in [5.41, 5.74) is 5.76. The third-order valence-electron chi connectivity index (χ3n) is 2.89. The summed E-state index contributed by atoms with van der Waals surface area (Å²) in [6.45, 7) is 1.88. The summed E-state index contributed by atoms with van der Waals surface area (Å²) >= 11 is 0. The molecule has 0 spiro atoms. The number of imidazole rings is 1. The number of nitrogen functional groups attached to an aromatic ring is 1. The lowest BCUT2D eigenvalue weighted by Crippen LogP contribution is -2.28. The van der Waals surface area contributed by atoms with E-state index < -0.39 is 0 Å². The van der Waals surface area contributed by atoms with Crippen LogP contribution in [0, 0.1) is 6.92 Å². The second kappa shape index (κ2) is 4.10. The number of nitrogens with two attached hydrogens (primary N) is 1. The minimum absolute atomic E-state index is 0.124. The number of hydrogen-bond donors (Lipinski definition) is 4. The Labute approximate surface area is 89.1 Å².